The number of carbonyl (C=O) groups is 2. The molecule has 1 aromatic carbocycles. The van der Waals surface area contributed by atoms with E-state index < -0.39 is 11.7 Å². The summed E-state index contributed by atoms with van der Waals surface area (Å²) in [6, 6.07) is 3.88. The Morgan fingerprint density at radius 2 is 2.04 bits per heavy atom. The van der Waals surface area contributed by atoms with Gasteiger partial charge in [0.05, 0.1) is 5.56 Å². The summed E-state index contributed by atoms with van der Waals surface area (Å²) in [6.45, 7) is 3.30. The quantitative estimate of drug-likeness (QED) is 0.781. The molecule has 0 saturated carbocycles. The van der Waals surface area contributed by atoms with E-state index in [0.717, 1.165) is 36.9 Å². The van der Waals surface area contributed by atoms with Crippen molar-refractivity contribution in [3.63, 3.8) is 0 Å². The van der Waals surface area contributed by atoms with Crippen LogP contribution >= 0.6 is 11.3 Å². The van der Waals surface area contributed by atoms with Crippen LogP contribution in [0.5, 0.6) is 0 Å². The molecule has 2 heterocycles. The van der Waals surface area contributed by atoms with E-state index in [-0.39, 0.29) is 11.5 Å². The van der Waals surface area contributed by atoms with E-state index in [4.69, 9.17) is 0 Å². The first-order valence-corrected chi connectivity index (χ1v) is 8.89. The van der Waals surface area contributed by atoms with Crippen LogP contribution in [0.1, 0.15) is 40.9 Å². The van der Waals surface area contributed by atoms with Crippen molar-refractivity contribution in [3.8, 4) is 0 Å². The molecule has 132 valence electrons. The van der Waals surface area contributed by atoms with Gasteiger partial charge >= 0.3 is 0 Å². The predicted molar refractivity (Wildman–Crippen MR) is 95.6 cm³/mol. The summed E-state index contributed by atoms with van der Waals surface area (Å²) >= 11 is 1.42. The maximum Gasteiger partial charge on any atom is 0.260 e. The molecule has 1 aliphatic heterocycles. The number of rotatable bonds is 4. The minimum Gasteiger partial charge on any atom is -0.326 e. The van der Waals surface area contributed by atoms with Crippen LogP contribution in [0.4, 0.5) is 15.2 Å². The lowest BCUT2D eigenvalue weighted by molar-refractivity contribution is -0.114. The number of hydrogen-bond acceptors (Lipinski definition) is 5. The third-order valence-corrected chi connectivity index (χ3v) is 5.09. The highest BCUT2D eigenvalue weighted by atomic mass is 32.1. The molecule has 0 bridgehead atoms. The molecule has 0 radical (unpaired) electrons. The molecule has 0 aliphatic carbocycles. The van der Waals surface area contributed by atoms with Crippen molar-refractivity contribution in [2.75, 3.05) is 23.7 Å². The molecule has 3 rings (SSSR count). The van der Waals surface area contributed by atoms with Crippen molar-refractivity contribution in [1.82, 2.24) is 10.3 Å². The maximum atomic E-state index is 14.0. The molecule has 1 fully saturated rings. The van der Waals surface area contributed by atoms with Crippen LogP contribution in [0.2, 0.25) is 0 Å². The number of thiazole rings is 1. The number of amides is 2. The Hall–Kier alpha value is -2.32. The van der Waals surface area contributed by atoms with Gasteiger partial charge in [0.15, 0.2) is 5.13 Å². The smallest absolute Gasteiger partial charge is 0.260 e. The van der Waals surface area contributed by atoms with E-state index in [1.807, 2.05) is 0 Å². The standard InChI is InChI=1S/C17H19FN4O2S/c1-10(23)21-12-2-3-14(18)13(8-12)16(24)22-17-20-9-15(25-17)11-4-6-19-7-5-11/h2-3,8-9,11,19H,4-7H2,1H3,(H,21,23)(H,20,22,24). The Bertz CT molecular complexity index is 787. The molecule has 25 heavy (non-hydrogen) atoms. The molecule has 3 N–H and O–H groups in total. The Labute approximate surface area is 148 Å². The molecule has 6 nitrogen and oxygen atoms in total. The summed E-state index contributed by atoms with van der Waals surface area (Å²) in [5.41, 5.74) is 0.235. The Morgan fingerprint density at radius 3 is 2.76 bits per heavy atom. The normalized spacial score (nSPS) is 15.0. The van der Waals surface area contributed by atoms with Gasteiger partial charge in [0.25, 0.3) is 5.91 Å². The molecular weight excluding hydrogens is 343 g/mol. The molecule has 0 spiro atoms. The van der Waals surface area contributed by atoms with Crippen molar-refractivity contribution in [1.29, 1.82) is 0 Å². The van der Waals surface area contributed by atoms with Crippen LogP contribution < -0.4 is 16.0 Å². The fraction of sp³-hybridized carbons (Fsp3) is 0.353. The zero-order valence-electron chi connectivity index (χ0n) is 13.8. The van der Waals surface area contributed by atoms with E-state index in [1.54, 1.807) is 6.20 Å². The van der Waals surface area contributed by atoms with Crippen LogP contribution in [-0.2, 0) is 4.79 Å². The first-order chi connectivity index (χ1) is 12.0. The lowest BCUT2D eigenvalue weighted by Crippen LogP contribution is -2.26. The van der Waals surface area contributed by atoms with E-state index in [9.17, 15) is 14.0 Å². The maximum absolute atomic E-state index is 14.0. The lowest BCUT2D eigenvalue weighted by Gasteiger charge is -2.20. The van der Waals surface area contributed by atoms with Crippen molar-refractivity contribution in [2.45, 2.75) is 25.7 Å². The second-order valence-electron chi connectivity index (χ2n) is 5.92. The summed E-state index contributed by atoms with van der Waals surface area (Å²) < 4.78 is 14.0. The van der Waals surface area contributed by atoms with Crippen LogP contribution in [0.15, 0.2) is 24.4 Å². The highest BCUT2D eigenvalue weighted by Crippen LogP contribution is 2.32. The highest BCUT2D eigenvalue weighted by Gasteiger charge is 2.19. The third-order valence-electron chi connectivity index (χ3n) is 4.02. The minimum atomic E-state index is -0.651. The van der Waals surface area contributed by atoms with Crippen molar-refractivity contribution >= 4 is 34.0 Å². The Balaban J connectivity index is 1.71. The van der Waals surface area contributed by atoms with Crippen LogP contribution in [-0.4, -0.2) is 29.9 Å². The van der Waals surface area contributed by atoms with Gasteiger partial charge in [-0.3, -0.25) is 14.9 Å². The van der Waals surface area contributed by atoms with Gasteiger partial charge in [-0.1, -0.05) is 0 Å². The number of aromatic nitrogens is 1. The molecular formula is C17H19FN4O2S. The average molecular weight is 362 g/mol. The van der Waals surface area contributed by atoms with E-state index in [2.05, 4.69) is 20.9 Å². The zero-order chi connectivity index (χ0) is 17.8. The molecule has 1 saturated heterocycles. The summed E-state index contributed by atoms with van der Waals surface area (Å²) in [5.74, 6) is -1.08. The number of benzene rings is 1. The summed E-state index contributed by atoms with van der Waals surface area (Å²) in [7, 11) is 0. The fourth-order valence-corrected chi connectivity index (χ4v) is 3.76. The van der Waals surface area contributed by atoms with Gasteiger partial charge in [0, 0.05) is 23.7 Å². The monoisotopic (exact) mass is 362 g/mol. The zero-order valence-corrected chi connectivity index (χ0v) is 14.6. The van der Waals surface area contributed by atoms with Gasteiger partial charge in [-0.05, 0) is 50.0 Å². The van der Waals surface area contributed by atoms with Crippen LogP contribution in [0, 0.1) is 5.82 Å². The SMILES string of the molecule is CC(=O)Nc1ccc(F)c(C(=O)Nc2ncc(C3CCNCC3)s2)c1. The minimum absolute atomic E-state index is 0.134. The van der Waals surface area contributed by atoms with Crippen molar-refractivity contribution < 1.29 is 14.0 Å². The van der Waals surface area contributed by atoms with Gasteiger partial charge in [0.2, 0.25) is 5.91 Å². The number of nitrogens with one attached hydrogen (secondary N) is 3. The van der Waals surface area contributed by atoms with E-state index >= 15 is 0 Å². The summed E-state index contributed by atoms with van der Waals surface area (Å²) in [4.78, 5) is 28.8. The first kappa shape index (κ1) is 17.5. The second-order valence-corrected chi connectivity index (χ2v) is 6.98. The number of piperidine rings is 1. The van der Waals surface area contributed by atoms with Crippen LogP contribution in [0.25, 0.3) is 0 Å². The lowest BCUT2D eigenvalue weighted by atomic mass is 9.97. The van der Waals surface area contributed by atoms with Gasteiger partial charge in [-0.25, -0.2) is 9.37 Å². The molecule has 1 aromatic heterocycles. The molecule has 0 atom stereocenters. The molecule has 1 aliphatic rings. The second kappa shape index (κ2) is 7.71. The van der Waals surface area contributed by atoms with Gasteiger partial charge in [0.1, 0.15) is 5.82 Å². The van der Waals surface area contributed by atoms with Gasteiger partial charge in [-0.15, -0.1) is 11.3 Å². The Kier molecular flexibility index (Phi) is 5.40. The first-order valence-electron chi connectivity index (χ1n) is 8.08. The molecule has 8 heteroatoms. The summed E-state index contributed by atoms with van der Waals surface area (Å²) in [5, 5.41) is 8.93. The predicted octanol–water partition coefficient (Wildman–Crippen LogP) is 2.96. The molecule has 2 aromatic rings. The number of anilines is 2. The number of nitrogens with zero attached hydrogens (tertiary/aromatic N) is 1. The molecule has 2 amide bonds. The van der Waals surface area contributed by atoms with E-state index in [0.29, 0.717) is 16.7 Å². The van der Waals surface area contributed by atoms with Crippen molar-refractivity contribution in [2.24, 2.45) is 0 Å². The van der Waals surface area contributed by atoms with Crippen LogP contribution in [0.3, 0.4) is 0 Å². The average Bonchev–Trinajstić information content (AvgIpc) is 3.05. The third kappa shape index (κ3) is 4.40. The summed E-state index contributed by atoms with van der Waals surface area (Å²) in [6.07, 6.45) is 3.87. The fourth-order valence-electron chi connectivity index (χ4n) is 2.78. The number of carbonyl (C=O) groups excluding carboxylic acids is 2. The number of hydrogen-bond donors (Lipinski definition) is 3. The van der Waals surface area contributed by atoms with E-state index in [1.165, 1.54) is 30.4 Å². The molecule has 0 unspecified atom stereocenters. The van der Waals surface area contributed by atoms with Crippen molar-refractivity contribution in [3.05, 3.63) is 40.7 Å². The van der Waals surface area contributed by atoms with Gasteiger partial charge < -0.3 is 10.6 Å². The largest absolute Gasteiger partial charge is 0.326 e. The highest BCUT2D eigenvalue weighted by molar-refractivity contribution is 7.15. The number of halogens is 1. The van der Waals surface area contributed by atoms with Gasteiger partial charge in [-0.2, -0.15) is 0 Å². The topological polar surface area (TPSA) is 83.1 Å². The Morgan fingerprint density at radius 1 is 1.28 bits per heavy atom.